The highest BCUT2D eigenvalue weighted by Crippen LogP contribution is 2.20. The first-order valence-corrected chi connectivity index (χ1v) is 9.40. The van der Waals surface area contributed by atoms with E-state index in [0.29, 0.717) is 42.5 Å². The van der Waals surface area contributed by atoms with Crippen LogP contribution in [0.3, 0.4) is 0 Å². The second-order valence-corrected chi connectivity index (χ2v) is 6.94. The maximum absolute atomic E-state index is 12.8. The molecule has 0 spiro atoms. The number of amides is 2. The van der Waals surface area contributed by atoms with E-state index < -0.39 is 0 Å². The monoisotopic (exact) mass is 394 g/mol. The Hall–Kier alpha value is -3.55. The van der Waals surface area contributed by atoms with Crippen molar-refractivity contribution in [3.8, 4) is 5.75 Å². The number of anilines is 1. The average molecular weight is 394 g/mol. The number of aromatic nitrogens is 2. The van der Waals surface area contributed by atoms with Crippen LogP contribution < -0.4 is 10.1 Å². The van der Waals surface area contributed by atoms with Crippen molar-refractivity contribution >= 4 is 17.5 Å². The Bertz CT molecular complexity index is 1040. The highest BCUT2D eigenvalue weighted by Gasteiger charge is 2.25. The van der Waals surface area contributed by atoms with Gasteiger partial charge in [-0.15, -0.1) is 0 Å². The summed E-state index contributed by atoms with van der Waals surface area (Å²) in [6, 6.07) is 10.6. The Kier molecular flexibility index (Phi) is 5.07. The number of carbonyl (C=O) groups excluding carboxylic acids is 2. The van der Waals surface area contributed by atoms with E-state index in [9.17, 15) is 9.59 Å². The van der Waals surface area contributed by atoms with Gasteiger partial charge in [-0.3, -0.25) is 14.3 Å². The lowest BCUT2D eigenvalue weighted by Gasteiger charge is -2.18. The number of aryl methyl sites for hydroxylation is 2. The zero-order chi connectivity index (χ0) is 20.4. The van der Waals surface area contributed by atoms with Gasteiger partial charge in [0.2, 0.25) is 0 Å². The molecule has 0 fully saturated rings. The van der Waals surface area contributed by atoms with Crippen LogP contribution in [0, 0.1) is 6.92 Å². The molecule has 29 heavy (non-hydrogen) atoms. The van der Waals surface area contributed by atoms with Gasteiger partial charge in [0, 0.05) is 24.3 Å². The summed E-state index contributed by atoms with van der Waals surface area (Å²) in [5.41, 5.74) is 2.61. The summed E-state index contributed by atoms with van der Waals surface area (Å²) >= 11 is 0. The quantitative estimate of drug-likeness (QED) is 0.734. The van der Waals surface area contributed by atoms with E-state index in [-0.39, 0.29) is 11.8 Å². The van der Waals surface area contributed by atoms with Gasteiger partial charge in [-0.25, -0.2) is 0 Å². The Labute approximate surface area is 168 Å². The maximum atomic E-state index is 12.8. The van der Waals surface area contributed by atoms with Crippen LogP contribution in [0.1, 0.15) is 38.7 Å². The Morgan fingerprint density at radius 2 is 1.97 bits per heavy atom. The fourth-order valence-electron chi connectivity index (χ4n) is 3.35. The summed E-state index contributed by atoms with van der Waals surface area (Å²) in [6.45, 7) is 3.48. The Morgan fingerprint density at radius 1 is 1.17 bits per heavy atom. The van der Waals surface area contributed by atoms with Gasteiger partial charge in [-0.2, -0.15) is 5.10 Å². The van der Waals surface area contributed by atoms with Crippen molar-refractivity contribution in [3.63, 3.8) is 0 Å². The van der Waals surface area contributed by atoms with Gasteiger partial charge in [-0.1, -0.05) is 0 Å². The SMILES string of the molecule is COc1ccc(NC(=O)c2cc3n(n2)CCCN(C(=O)c2occc2C)C3)cc1. The fourth-order valence-corrected chi connectivity index (χ4v) is 3.35. The third-order valence-corrected chi connectivity index (χ3v) is 4.94. The molecule has 150 valence electrons. The van der Waals surface area contributed by atoms with Gasteiger partial charge in [0.05, 0.1) is 25.6 Å². The summed E-state index contributed by atoms with van der Waals surface area (Å²) in [7, 11) is 1.59. The van der Waals surface area contributed by atoms with E-state index in [1.807, 2.05) is 6.92 Å². The van der Waals surface area contributed by atoms with Crippen molar-refractivity contribution in [2.75, 3.05) is 19.0 Å². The number of fused-ring (bicyclic) bond motifs is 1. The lowest BCUT2D eigenvalue weighted by molar-refractivity contribution is 0.0712. The summed E-state index contributed by atoms with van der Waals surface area (Å²) < 4.78 is 12.3. The number of hydrogen-bond donors (Lipinski definition) is 1. The zero-order valence-corrected chi connectivity index (χ0v) is 16.3. The summed E-state index contributed by atoms with van der Waals surface area (Å²) in [4.78, 5) is 27.1. The van der Waals surface area contributed by atoms with Crippen molar-refractivity contribution in [1.29, 1.82) is 0 Å². The Morgan fingerprint density at radius 3 is 2.66 bits per heavy atom. The lowest BCUT2D eigenvalue weighted by atomic mass is 10.2. The molecule has 0 saturated heterocycles. The molecule has 1 aliphatic rings. The van der Waals surface area contributed by atoms with Crippen LogP contribution in [0.5, 0.6) is 5.75 Å². The van der Waals surface area contributed by atoms with Crippen LogP contribution in [-0.2, 0) is 13.1 Å². The molecule has 0 bridgehead atoms. The third kappa shape index (κ3) is 3.87. The van der Waals surface area contributed by atoms with E-state index in [0.717, 1.165) is 17.7 Å². The van der Waals surface area contributed by atoms with Crippen LogP contribution in [0.15, 0.2) is 47.1 Å². The molecule has 0 atom stereocenters. The first-order chi connectivity index (χ1) is 14.0. The fraction of sp³-hybridized carbons (Fsp3) is 0.286. The molecule has 8 nitrogen and oxygen atoms in total. The largest absolute Gasteiger partial charge is 0.497 e. The summed E-state index contributed by atoms with van der Waals surface area (Å²) in [5, 5.41) is 7.27. The van der Waals surface area contributed by atoms with Crippen LogP contribution in [0.25, 0.3) is 0 Å². The van der Waals surface area contributed by atoms with E-state index in [2.05, 4.69) is 10.4 Å². The molecule has 2 amide bonds. The molecule has 0 aliphatic carbocycles. The normalized spacial score (nSPS) is 13.5. The topological polar surface area (TPSA) is 89.6 Å². The number of nitrogens with zero attached hydrogens (tertiary/aromatic N) is 3. The van der Waals surface area contributed by atoms with Gasteiger partial charge in [0.25, 0.3) is 11.8 Å². The van der Waals surface area contributed by atoms with Crippen molar-refractivity contribution in [1.82, 2.24) is 14.7 Å². The van der Waals surface area contributed by atoms with Crippen molar-refractivity contribution in [2.45, 2.75) is 26.4 Å². The van der Waals surface area contributed by atoms with E-state index in [1.165, 1.54) is 6.26 Å². The zero-order valence-electron chi connectivity index (χ0n) is 16.3. The molecule has 1 N–H and O–H groups in total. The minimum Gasteiger partial charge on any atom is -0.497 e. The smallest absolute Gasteiger partial charge is 0.290 e. The molecule has 3 heterocycles. The minimum absolute atomic E-state index is 0.147. The molecule has 0 radical (unpaired) electrons. The molecule has 1 aromatic carbocycles. The highest BCUT2D eigenvalue weighted by atomic mass is 16.5. The molecule has 0 unspecified atom stereocenters. The average Bonchev–Trinajstić information content (AvgIpc) is 3.28. The number of furan rings is 1. The first kappa shape index (κ1) is 18.8. The van der Waals surface area contributed by atoms with Crippen LogP contribution in [0.2, 0.25) is 0 Å². The number of rotatable bonds is 4. The molecule has 8 heteroatoms. The van der Waals surface area contributed by atoms with Crippen molar-refractivity contribution in [2.24, 2.45) is 0 Å². The number of hydrogen-bond acceptors (Lipinski definition) is 5. The van der Waals surface area contributed by atoms with Gasteiger partial charge >= 0.3 is 0 Å². The first-order valence-electron chi connectivity index (χ1n) is 9.40. The van der Waals surface area contributed by atoms with E-state index in [4.69, 9.17) is 9.15 Å². The highest BCUT2D eigenvalue weighted by molar-refractivity contribution is 6.03. The third-order valence-electron chi connectivity index (χ3n) is 4.94. The minimum atomic E-state index is -0.296. The van der Waals surface area contributed by atoms with Gasteiger partial charge < -0.3 is 19.4 Å². The second-order valence-electron chi connectivity index (χ2n) is 6.94. The summed E-state index contributed by atoms with van der Waals surface area (Å²) in [5.74, 6) is 0.630. The predicted octanol–water partition coefficient (Wildman–Crippen LogP) is 3.09. The Balaban J connectivity index is 1.49. The molecule has 1 aliphatic heterocycles. The summed E-state index contributed by atoms with van der Waals surface area (Å²) in [6.07, 6.45) is 2.27. The number of nitrogens with one attached hydrogen (secondary N) is 1. The van der Waals surface area contributed by atoms with Crippen molar-refractivity contribution in [3.05, 3.63) is 65.4 Å². The van der Waals surface area contributed by atoms with Gasteiger partial charge in [0.1, 0.15) is 5.75 Å². The molecule has 3 aromatic rings. The van der Waals surface area contributed by atoms with E-state index in [1.54, 1.807) is 53.1 Å². The van der Waals surface area contributed by atoms with Crippen LogP contribution >= 0.6 is 0 Å². The molecule has 4 rings (SSSR count). The molecule has 0 saturated carbocycles. The van der Waals surface area contributed by atoms with Crippen LogP contribution in [-0.4, -0.2) is 40.1 Å². The van der Waals surface area contributed by atoms with E-state index >= 15 is 0 Å². The number of methoxy groups -OCH3 is 1. The van der Waals surface area contributed by atoms with Gasteiger partial charge in [0.15, 0.2) is 11.5 Å². The maximum Gasteiger partial charge on any atom is 0.290 e. The van der Waals surface area contributed by atoms with Crippen molar-refractivity contribution < 1.29 is 18.7 Å². The standard InChI is InChI=1S/C21H22N4O4/c1-14-8-11-29-19(14)21(27)24-9-3-10-25-16(13-24)12-18(23-25)20(26)22-15-4-6-17(28-2)7-5-15/h4-8,11-12H,3,9-10,13H2,1-2H3,(H,22,26). The molecule has 2 aromatic heterocycles. The molecular weight excluding hydrogens is 372 g/mol. The number of benzene rings is 1. The van der Waals surface area contributed by atoms with Crippen LogP contribution in [0.4, 0.5) is 5.69 Å². The predicted molar refractivity (Wildman–Crippen MR) is 106 cm³/mol. The number of ether oxygens (including phenoxy) is 1. The molecular formula is C21H22N4O4. The second kappa shape index (κ2) is 7.83. The van der Waals surface area contributed by atoms with Gasteiger partial charge in [-0.05, 0) is 49.7 Å². The lowest BCUT2D eigenvalue weighted by Crippen LogP contribution is -2.30. The number of carbonyl (C=O) groups is 2.